The van der Waals surface area contributed by atoms with E-state index in [2.05, 4.69) is 21.3 Å². The number of rotatable bonds is 9. The summed E-state index contributed by atoms with van der Waals surface area (Å²) in [5, 5.41) is 43.7. The van der Waals surface area contributed by atoms with Gasteiger partial charge in [0.15, 0.2) is 6.23 Å². The van der Waals surface area contributed by atoms with Crippen molar-refractivity contribution in [3.8, 4) is 0 Å². The molecule has 0 aliphatic heterocycles. The normalized spacial score (nSPS) is 11.4. The highest BCUT2D eigenvalue weighted by Gasteiger charge is 2.13. The van der Waals surface area contributed by atoms with E-state index in [1.54, 1.807) is 78.9 Å². The highest BCUT2D eigenvalue weighted by atomic mass is 16.4. The number of aliphatic hydroxyl groups excluding tert-OH is 1. The number of aromatic carboxylic acids is 2. The maximum absolute atomic E-state index is 12.9. The number of amides is 3. The first-order valence-corrected chi connectivity index (χ1v) is 14.7. The zero-order chi connectivity index (χ0) is 33.8. The van der Waals surface area contributed by atoms with Crippen LogP contribution in [0.1, 0.15) is 42.9 Å². The van der Waals surface area contributed by atoms with Gasteiger partial charge >= 0.3 is 18.0 Å². The van der Waals surface area contributed by atoms with Crippen LogP contribution < -0.4 is 21.3 Å². The molecule has 238 valence electrons. The van der Waals surface area contributed by atoms with Crippen LogP contribution in [0.3, 0.4) is 0 Å². The second-order valence-corrected chi connectivity index (χ2v) is 11.0. The predicted molar refractivity (Wildman–Crippen MR) is 184 cm³/mol. The van der Waals surface area contributed by atoms with E-state index in [1.165, 1.54) is 24.3 Å². The lowest BCUT2D eigenvalue weighted by Gasteiger charge is -2.16. The zero-order valence-corrected chi connectivity index (χ0v) is 25.1. The van der Waals surface area contributed by atoms with Crippen molar-refractivity contribution in [1.82, 2.24) is 0 Å². The van der Waals surface area contributed by atoms with E-state index in [1.807, 2.05) is 18.2 Å². The maximum atomic E-state index is 12.9. The molecule has 0 radical (unpaired) electrons. The van der Waals surface area contributed by atoms with E-state index in [0.29, 0.717) is 39.3 Å². The Balaban J connectivity index is 1.13. The van der Waals surface area contributed by atoms with Crippen LogP contribution in [0.25, 0.3) is 21.5 Å². The van der Waals surface area contributed by atoms with Gasteiger partial charge in [0.05, 0.1) is 11.1 Å². The third kappa shape index (κ3) is 7.22. The Labute approximate surface area is 273 Å². The number of carboxylic acid groups (broad SMARTS) is 2. The number of aliphatic hydroxyl groups is 1. The molecule has 0 saturated carbocycles. The van der Waals surface area contributed by atoms with E-state index in [9.17, 15) is 34.5 Å². The number of anilines is 4. The molecule has 1 unspecified atom stereocenters. The average Bonchev–Trinajstić information content (AvgIpc) is 3.07. The molecule has 3 amide bonds. The van der Waals surface area contributed by atoms with Crippen LogP contribution in [0.15, 0.2) is 121 Å². The molecule has 6 aromatic carbocycles. The van der Waals surface area contributed by atoms with Crippen LogP contribution in [0.2, 0.25) is 0 Å². The van der Waals surface area contributed by atoms with Crippen molar-refractivity contribution in [2.45, 2.75) is 6.23 Å². The van der Waals surface area contributed by atoms with Gasteiger partial charge in [0.2, 0.25) is 0 Å². The number of carbonyl (C=O) groups is 4. The Morgan fingerprint density at radius 3 is 1.62 bits per heavy atom. The molecule has 0 heterocycles. The smallest absolute Gasteiger partial charge is 0.335 e. The molecule has 1 atom stereocenters. The lowest BCUT2D eigenvalue weighted by atomic mass is 10.0. The van der Waals surface area contributed by atoms with Gasteiger partial charge in [-0.2, -0.15) is 0 Å². The SMILES string of the molecule is O=C(Nc1ccc2ccc(C(=O)Nc3cccc(C(=O)O)c3)cc2c1)Nc1ccc2ccc(C(O)Nc3cccc(C(=O)O)c3)cc2c1. The molecule has 11 heteroatoms. The fourth-order valence-corrected chi connectivity index (χ4v) is 5.19. The summed E-state index contributed by atoms with van der Waals surface area (Å²) in [6.07, 6.45) is -1.11. The van der Waals surface area contributed by atoms with Gasteiger partial charge in [-0.15, -0.1) is 0 Å². The minimum Gasteiger partial charge on any atom is -0.478 e. The van der Waals surface area contributed by atoms with Crippen molar-refractivity contribution >= 4 is 68.2 Å². The van der Waals surface area contributed by atoms with Gasteiger partial charge < -0.3 is 36.6 Å². The molecule has 0 aliphatic rings. The largest absolute Gasteiger partial charge is 0.478 e. The summed E-state index contributed by atoms with van der Waals surface area (Å²) in [6, 6.07) is 32.8. The number of urea groups is 1. The molecule has 0 spiro atoms. The highest BCUT2D eigenvalue weighted by Crippen LogP contribution is 2.26. The summed E-state index contributed by atoms with van der Waals surface area (Å²) in [5.41, 5.74) is 2.87. The van der Waals surface area contributed by atoms with Crippen LogP contribution in [0.5, 0.6) is 0 Å². The van der Waals surface area contributed by atoms with E-state index < -0.39 is 30.1 Å². The second-order valence-electron chi connectivity index (χ2n) is 11.0. The molecular weight excluding hydrogens is 612 g/mol. The molecule has 11 nitrogen and oxygen atoms in total. The molecule has 0 bridgehead atoms. The van der Waals surface area contributed by atoms with Gasteiger partial charge in [0, 0.05) is 33.9 Å². The van der Waals surface area contributed by atoms with E-state index in [-0.39, 0.29) is 11.1 Å². The first kappa shape index (κ1) is 31.3. The van der Waals surface area contributed by atoms with Crippen molar-refractivity contribution in [3.63, 3.8) is 0 Å². The molecule has 48 heavy (non-hydrogen) atoms. The molecule has 0 aromatic heterocycles. The summed E-state index contributed by atoms with van der Waals surface area (Å²) in [7, 11) is 0. The summed E-state index contributed by atoms with van der Waals surface area (Å²) in [4.78, 5) is 48.4. The van der Waals surface area contributed by atoms with Crippen LogP contribution in [-0.2, 0) is 0 Å². The fourth-order valence-electron chi connectivity index (χ4n) is 5.19. The number of carboxylic acids is 2. The number of benzene rings is 6. The minimum atomic E-state index is -1.11. The maximum Gasteiger partial charge on any atom is 0.335 e. The summed E-state index contributed by atoms with van der Waals surface area (Å²) >= 11 is 0. The summed E-state index contributed by atoms with van der Waals surface area (Å²) < 4.78 is 0. The van der Waals surface area contributed by atoms with Gasteiger partial charge in [-0.05, 0) is 100 Å². The number of fused-ring (bicyclic) bond motifs is 2. The zero-order valence-electron chi connectivity index (χ0n) is 25.1. The van der Waals surface area contributed by atoms with Crippen molar-refractivity contribution < 1.29 is 34.5 Å². The Kier molecular flexibility index (Phi) is 8.68. The van der Waals surface area contributed by atoms with E-state index >= 15 is 0 Å². The second kappa shape index (κ2) is 13.3. The van der Waals surface area contributed by atoms with Crippen LogP contribution in [-0.4, -0.2) is 39.2 Å². The number of carbonyl (C=O) groups excluding carboxylic acids is 2. The van der Waals surface area contributed by atoms with Gasteiger partial charge in [-0.1, -0.05) is 42.5 Å². The van der Waals surface area contributed by atoms with Crippen LogP contribution in [0.4, 0.5) is 27.5 Å². The first-order valence-electron chi connectivity index (χ1n) is 14.7. The predicted octanol–water partition coefficient (Wildman–Crippen LogP) is 7.39. The van der Waals surface area contributed by atoms with Crippen LogP contribution in [0, 0.1) is 0 Å². The Hall–Kier alpha value is -6.72. The highest BCUT2D eigenvalue weighted by molar-refractivity contribution is 6.08. The van der Waals surface area contributed by atoms with Gasteiger partial charge in [0.25, 0.3) is 5.91 Å². The Morgan fingerprint density at radius 1 is 0.479 bits per heavy atom. The van der Waals surface area contributed by atoms with Crippen molar-refractivity contribution in [1.29, 1.82) is 0 Å². The third-order valence-electron chi connectivity index (χ3n) is 7.58. The van der Waals surface area contributed by atoms with E-state index in [0.717, 1.165) is 16.2 Å². The quantitative estimate of drug-likeness (QED) is 0.0800. The average molecular weight is 641 g/mol. The van der Waals surface area contributed by atoms with E-state index in [4.69, 9.17) is 0 Å². The molecule has 0 saturated heterocycles. The molecule has 6 rings (SSSR count). The lowest BCUT2D eigenvalue weighted by molar-refractivity contribution is 0.0686. The fraction of sp³-hybridized carbons (Fsp3) is 0.0270. The van der Waals surface area contributed by atoms with Crippen LogP contribution >= 0.6 is 0 Å². The topological polar surface area (TPSA) is 177 Å². The van der Waals surface area contributed by atoms with Crippen molar-refractivity contribution in [3.05, 3.63) is 144 Å². The van der Waals surface area contributed by atoms with Crippen molar-refractivity contribution in [2.75, 3.05) is 21.3 Å². The summed E-state index contributed by atoms with van der Waals surface area (Å²) in [6.45, 7) is 0. The number of nitrogens with one attached hydrogen (secondary N) is 4. The lowest BCUT2D eigenvalue weighted by Crippen LogP contribution is -2.19. The molecule has 0 aliphatic carbocycles. The van der Waals surface area contributed by atoms with Gasteiger partial charge in [-0.3, -0.25) is 4.79 Å². The summed E-state index contributed by atoms with van der Waals surface area (Å²) in [5.74, 6) is -2.57. The van der Waals surface area contributed by atoms with Gasteiger partial charge in [-0.25, -0.2) is 14.4 Å². The number of hydrogen-bond donors (Lipinski definition) is 7. The molecule has 7 N–H and O–H groups in total. The molecule has 0 fully saturated rings. The van der Waals surface area contributed by atoms with Gasteiger partial charge in [0.1, 0.15) is 0 Å². The Morgan fingerprint density at radius 2 is 1.00 bits per heavy atom. The van der Waals surface area contributed by atoms with Crippen molar-refractivity contribution in [2.24, 2.45) is 0 Å². The standard InChI is InChI=1S/C37H28N4O7/c42-33(38-29-5-1-3-25(17-29)35(44)45)23-9-7-21-11-13-31(19-27(21)15-23)40-37(48)41-32-14-12-22-8-10-24(16-28(22)20-32)34(43)39-30-6-2-4-26(18-30)36(46)47/h1-20,33,38,42H,(H,39,43)(H,44,45)(H,46,47)(H2,40,41,48). The molecular formula is C37H28N4O7. The first-order chi connectivity index (χ1) is 23.1. The molecule has 6 aromatic rings. The monoisotopic (exact) mass is 640 g/mol. The number of hydrogen-bond acceptors (Lipinski definition) is 6. The minimum absolute atomic E-state index is 0.0580. The Bertz CT molecular complexity index is 2230. The third-order valence-corrected chi connectivity index (χ3v) is 7.58.